The van der Waals surface area contributed by atoms with Gasteiger partial charge in [0.05, 0.1) is 11.5 Å². The number of sulfone groups is 1. The summed E-state index contributed by atoms with van der Waals surface area (Å²) < 4.78 is 23.9. The smallest absolute Gasteiger partial charge is 0.152 e. The lowest BCUT2D eigenvalue weighted by Gasteiger charge is -2.13. The van der Waals surface area contributed by atoms with E-state index >= 15 is 0 Å². The summed E-state index contributed by atoms with van der Waals surface area (Å²) >= 11 is 0. The van der Waals surface area contributed by atoms with Crippen molar-refractivity contribution in [2.24, 2.45) is 5.73 Å². The lowest BCUT2D eigenvalue weighted by atomic mass is 10.0. The van der Waals surface area contributed by atoms with E-state index in [2.05, 4.69) is 0 Å². The van der Waals surface area contributed by atoms with E-state index in [4.69, 9.17) is 5.73 Å². The third kappa shape index (κ3) is 3.81. The van der Waals surface area contributed by atoms with Crippen LogP contribution in [0.1, 0.15) is 31.4 Å². The van der Waals surface area contributed by atoms with Gasteiger partial charge in [0, 0.05) is 6.04 Å². The Bertz CT molecular complexity index is 680. The van der Waals surface area contributed by atoms with E-state index in [0.29, 0.717) is 6.42 Å². The lowest BCUT2D eigenvalue weighted by molar-refractivity contribution is 0.585. The molecule has 0 spiro atoms. The SMILES string of the molecule is CCCCS(=O)(=O)CC(N)c1ccc2ccccc2c1. The quantitative estimate of drug-likeness (QED) is 0.890. The molecule has 0 aliphatic carbocycles. The number of nitrogens with two attached hydrogens (primary N) is 1. The second-order valence-electron chi connectivity index (χ2n) is 5.18. The Kier molecular flexibility index (Phi) is 4.78. The fourth-order valence-electron chi connectivity index (χ4n) is 2.26. The minimum Gasteiger partial charge on any atom is -0.323 e. The predicted molar refractivity (Wildman–Crippen MR) is 84.4 cm³/mol. The van der Waals surface area contributed by atoms with Gasteiger partial charge in [0.25, 0.3) is 0 Å². The summed E-state index contributed by atoms with van der Waals surface area (Å²) in [4.78, 5) is 0. The van der Waals surface area contributed by atoms with Gasteiger partial charge in [-0.25, -0.2) is 8.42 Å². The van der Waals surface area contributed by atoms with E-state index in [-0.39, 0.29) is 11.5 Å². The summed E-state index contributed by atoms with van der Waals surface area (Å²) in [6.45, 7) is 1.98. The Labute approximate surface area is 120 Å². The molecule has 0 aliphatic rings. The highest BCUT2D eigenvalue weighted by Crippen LogP contribution is 2.20. The molecule has 2 rings (SSSR count). The van der Waals surface area contributed by atoms with E-state index in [1.165, 1.54) is 0 Å². The van der Waals surface area contributed by atoms with Gasteiger partial charge < -0.3 is 5.73 Å². The van der Waals surface area contributed by atoms with Crippen molar-refractivity contribution in [3.05, 3.63) is 48.0 Å². The molecule has 2 aromatic rings. The molecule has 3 nitrogen and oxygen atoms in total. The molecular formula is C16H21NO2S. The highest BCUT2D eigenvalue weighted by atomic mass is 32.2. The fourth-order valence-corrected chi connectivity index (χ4v) is 3.89. The van der Waals surface area contributed by atoms with Gasteiger partial charge in [0.1, 0.15) is 0 Å². The van der Waals surface area contributed by atoms with E-state index in [1.54, 1.807) is 0 Å². The Morgan fingerprint density at radius 3 is 2.50 bits per heavy atom. The van der Waals surface area contributed by atoms with Crippen molar-refractivity contribution in [2.45, 2.75) is 25.8 Å². The summed E-state index contributed by atoms with van der Waals surface area (Å²) in [5.74, 6) is 0.246. The average Bonchev–Trinajstić information content (AvgIpc) is 2.44. The van der Waals surface area contributed by atoms with Crippen molar-refractivity contribution in [3.63, 3.8) is 0 Å². The molecule has 2 aromatic carbocycles. The number of hydrogen-bond donors (Lipinski definition) is 1. The zero-order chi connectivity index (χ0) is 14.6. The van der Waals surface area contributed by atoms with Crippen LogP contribution in [0.4, 0.5) is 0 Å². The average molecular weight is 291 g/mol. The Hall–Kier alpha value is -1.39. The first-order valence-electron chi connectivity index (χ1n) is 6.96. The molecule has 0 bridgehead atoms. The molecule has 1 atom stereocenters. The minimum absolute atomic E-state index is 0.0192. The van der Waals surface area contributed by atoms with Crippen LogP contribution in [0, 0.1) is 0 Å². The first kappa shape index (κ1) is 15.0. The lowest BCUT2D eigenvalue weighted by Crippen LogP contribution is -2.23. The molecule has 0 aliphatic heterocycles. The number of fused-ring (bicyclic) bond motifs is 1. The molecule has 0 amide bonds. The summed E-state index contributed by atoms with van der Waals surface area (Å²) in [7, 11) is -3.07. The maximum atomic E-state index is 12.0. The van der Waals surface area contributed by atoms with Crippen LogP contribution in [0.3, 0.4) is 0 Å². The topological polar surface area (TPSA) is 60.2 Å². The Morgan fingerprint density at radius 2 is 1.80 bits per heavy atom. The molecule has 0 saturated heterocycles. The van der Waals surface area contributed by atoms with E-state index in [9.17, 15) is 8.42 Å². The molecule has 0 saturated carbocycles. The van der Waals surface area contributed by atoms with Crippen LogP contribution in [0.2, 0.25) is 0 Å². The minimum atomic E-state index is -3.07. The standard InChI is InChI=1S/C16H21NO2S/c1-2-3-10-20(18,19)12-16(17)15-9-8-13-6-4-5-7-14(13)11-15/h4-9,11,16H,2-3,10,12,17H2,1H3. The number of unbranched alkanes of at least 4 members (excludes halogenated alkanes) is 1. The molecule has 0 aromatic heterocycles. The number of benzene rings is 2. The van der Waals surface area contributed by atoms with Gasteiger partial charge in [-0.2, -0.15) is 0 Å². The van der Waals surface area contributed by atoms with Crippen LogP contribution in [-0.2, 0) is 9.84 Å². The van der Waals surface area contributed by atoms with Crippen molar-refractivity contribution >= 4 is 20.6 Å². The zero-order valence-electron chi connectivity index (χ0n) is 11.7. The monoisotopic (exact) mass is 291 g/mol. The van der Waals surface area contributed by atoms with Crippen molar-refractivity contribution in [2.75, 3.05) is 11.5 Å². The van der Waals surface area contributed by atoms with Gasteiger partial charge in [0.15, 0.2) is 9.84 Å². The molecule has 20 heavy (non-hydrogen) atoms. The summed E-state index contributed by atoms with van der Waals surface area (Å²) in [5, 5.41) is 2.23. The molecule has 0 fully saturated rings. The van der Waals surface area contributed by atoms with Crippen molar-refractivity contribution in [1.82, 2.24) is 0 Å². The highest BCUT2D eigenvalue weighted by Gasteiger charge is 2.17. The Balaban J connectivity index is 2.16. The molecule has 4 heteroatoms. The van der Waals surface area contributed by atoms with Gasteiger partial charge in [-0.3, -0.25) is 0 Å². The highest BCUT2D eigenvalue weighted by molar-refractivity contribution is 7.91. The van der Waals surface area contributed by atoms with E-state index in [1.807, 2.05) is 49.4 Å². The first-order valence-corrected chi connectivity index (χ1v) is 8.78. The summed E-state index contributed by atoms with van der Waals surface area (Å²) in [5.41, 5.74) is 6.94. The molecule has 108 valence electrons. The largest absolute Gasteiger partial charge is 0.323 e. The third-order valence-electron chi connectivity index (χ3n) is 3.44. The second kappa shape index (κ2) is 6.37. The van der Waals surface area contributed by atoms with Crippen LogP contribution < -0.4 is 5.73 Å². The van der Waals surface area contributed by atoms with Gasteiger partial charge in [-0.1, -0.05) is 49.7 Å². The third-order valence-corrected chi connectivity index (χ3v) is 5.22. The molecular weight excluding hydrogens is 270 g/mol. The normalized spacial score (nSPS) is 13.5. The van der Waals surface area contributed by atoms with Gasteiger partial charge in [-0.15, -0.1) is 0 Å². The molecule has 1 unspecified atom stereocenters. The summed E-state index contributed by atoms with van der Waals surface area (Å²) in [6, 6.07) is 13.4. The first-order chi connectivity index (χ1) is 9.52. The molecule has 0 heterocycles. The van der Waals surface area contributed by atoms with Crippen LogP contribution in [0.5, 0.6) is 0 Å². The maximum Gasteiger partial charge on any atom is 0.152 e. The zero-order valence-corrected chi connectivity index (χ0v) is 12.6. The fraction of sp³-hybridized carbons (Fsp3) is 0.375. The molecule has 0 radical (unpaired) electrons. The van der Waals surface area contributed by atoms with Crippen LogP contribution in [-0.4, -0.2) is 19.9 Å². The molecule has 2 N–H and O–H groups in total. The maximum absolute atomic E-state index is 12.0. The summed E-state index contributed by atoms with van der Waals surface area (Å²) in [6.07, 6.45) is 1.58. The van der Waals surface area contributed by atoms with Crippen LogP contribution in [0.15, 0.2) is 42.5 Å². The van der Waals surface area contributed by atoms with E-state index in [0.717, 1.165) is 22.8 Å². The predicted octanol–water partition coefficient (Wildman–Crippen LogP) is 3.05. The Morgan fingerprint density at radius 1 is 1.10 bits per heavy atom. The number of rotatable bonds is 6. The van der Waals surface area contributed by atoms with Crippen molar-refractivity contribution < 1.29 is 8.42 Å². The van der Waals surface area contributed by atoms with Gasteiger partial charge in [0.2, 0.25) is 0 Å². The van der Waals surface area contributed by atoms with E-state index < -0.39 is 15.9 Å². The van der Waals surface area contributed by atoms with Gasteiger partial charge in [-0.05, 0) is 28.8 Å². The van der Waals surface area contributed by atoms with Crippen LogP contribution >= 0.6 is 0 Å². The number of hydrogen-bond acceptors (Lipinski definition) is 3. The van der Waals surface area contributed by atoms with Crippen molar-refractivity contribution in [1.29, 1.82) is 0 Å². The second-order valence-corrected chi connectivity index (χ2v) is 7.41. The van der Waals surface area contributed by atoms with Crippen molar-refractivity contribution in [3.8, 4) is 0 Å². The van der Waals surface area contributed by atoms with Crippen LogP contribution in [0.25, 0.3) is 10.8 Å². The van der Waals surface area contributed by atoms with Gasteiger partial charge >= 0.3 is 0 Å².